The molecule has 1 aromatic heterocycles. The molecule has 0 fully saturated rings. The normalized spacial score (nSPS) is 12.9. The Morgan fingerprint density at radius 2 is 2.06 bits per heavy atom. The average Bonchev–Trinajstić information content (AvgIpc) is 2.22. The van der Waals surface area contributed by atoms with Gasteiger partial charge in [-0.2, -0.15) is 0 Å². The zero-order valence-electron chi connectivity index (χ0n) is 8.84. The van der Waals surface area contributed by atoms with Gasteiger partial charge in [0.2, 0.25) is 0 Å². The molecule has 0 aliphatic rings. The first-order valence-corrected chi connectivity index (χ1v) is 5.03. The molecule has 1 rings (SSSR count). The number of aliphatic hydroxyl groups excluding tert-OH is 1. The summed E-state index contributed by atoms with van der Waals surface area (Å²) in [5, 5.41) is 11.4. The van der Waals surface area contributed by atoms with Crippen molar-refractivity contribution >= 4 is 17.4 Å². The van der Waals surface area contributed by atoms with E-state index in [0.29, 0.717) is 0 Å². The van der Waals surface area contributed by atoms with Gasteiger partial charge >= 0.3 is 0 Å². The number of aryl methyl sites for hydroxylation is 1. The lowest BCUT2D eigenvalue weighted by molar-refractivity contribution is 0.146. The molecule has 0 unspecified atom stereocenters. The average molecular weight is 252 g/mol. The van der Waals surface area contributed by atoms with Crippen LogP contribution in [0, 0.1) is 6.92 Å². The maximum Gasteiger partial charge on any atom is 0.282 e. The van der Waals surface area contributed by atoms with Gasteiger partial charge in [0.25, 0.3) is 6.43 Å². The Balaban J connectivity index is 3.09. The number of aromatic nitrogens is 2. The molecule has 4 nitrogen and oxygen atoms in total. The topological polar surface area (TPSA) is 58.0 Å². The first-order chi connectivity index (χ1) is 7.45. The van der Waals surface area contributed by atoms with Gasteiger partial charge in [-0.1, -0.05) is 11.6 Å². The van der Waals surface area contributed by atoms with Gasteiger partial charge in [-0.05, 0) is 13.8 Å². The molecule has 0 aromatic carbocycles. The second-order valence-electron chi connectivity index (χ2n) is 3.35. The fourth-order valence-corrected chi connectivity index (χ4v) is 1.32. The van der Waals surface area contributed by atoms with Crippen LogP contribution in [0.1, 0.15) is 24.9 Å². The minimum Gasteiger partial charge on any atom is -0.394 e. The number of alkyl halides is 2. The Bertz CT molecular complexity index is 376. The summed E-state index contributed by atoms with van der Waals surface area (Å²) in [7, 11) is 0. The van der Waals surface area contributed by atoms with Gasteiger partial charge in [-0.25, -0.2) is 18.7 Å². The summed E-state index contributed by atoms with van der Waals surface area (Å²) in [5.41, 5.74) is -0.498. The van der Waals surface area contributed by atoms with Crippen molar-refractivity contribution in [2.24, 2.45) is 0 Å². The fraction of sp³-hybridized carbons (Fsp3) is 0.556. The van der Waals surface area contributed by atoms with Crippen LogP contribution in [0.3, 0.4) is 0 Å². The SMILES string of the molecule is Cc1nc(N[C@H](C)CO)c(Cl)c(C(F)F)n1. The third-order valence-electron chi connectivity index (χ3n) is 1.85. The molecule has 1 aromatic rings. The summed E-state index contributed by atoms with van der Waals surface area (Å²) >= 11 is 5.73. The zero-order valence-corrected chi connectivity index (χ0v) is 9.59. The third-order valence-corrected chi connectivity index (χ3v) is 2.22. The van der Waals surface area contributed by atoms with Gasteiger partial charge in [0.15, 0.2) is 0 Å². The lowest BCUT2D eigenvalue weighted by Gasteiger charge is -2.14. The maximum atomic E-state index is 12.6. The van der Waals surface area contributed by atoms with E-state index in [0.717, 1.165) is 0 Å². The Labute approximate surface area is 96.7 Å². The molecule has 0 saturated carbocycles. The van der Waals surface area contributed by atoms with Crippen molar-refractivity contribution in [3.63, 3.8) is 0 Å². The molecule has 1 atom stereocenters. The van der Waals surface area contributed by atoms with Gasteiger partial charge in [-0.3, -0.25) is 0 Å². The van der Waals surface area contributed by atoms with Crippen molar-refractivity contribution in [1.29, 1.82) is 0 Å². The summed E-state index contributed by atoms with van der Waals surface area (Å²) in [6.07, 6.45) is -2.75. The lowest BCUT2D eigenvalue weighted by atomic mass is 10.3. The van der Waals surface area contributed by atoms with Crippen molar-refractivity contribution in [1.82, 2.24) is 9.97 Å². The lowest BCUT2D eigenvalue weighted by Crippen LogP contribution is -2.21. The van der Waals surface area contributed by atoms with Gasteiger partial charge in [0.1, 0.15) is 22.4 Å². The largest absolute Gasteiger partial charge is 0.394 e. The molecule has 0 radical (unpaired) electrons. The molecular weight excluding hydrogens is 240 g/mol. The molecule has 0 aliphatic carbocycles. The predicted molar refractivity (Wildman–Crippen MR) is 56.9 cm³/mol. The zero-order chi connectivity index (χ0) is 12.3. The van der Waals surface area contributed by atoms with E-state index in [2.05, 4.69) is 15.3 Å². The summed E-state index contributed by atoms with van der Waals surface area (Å²) in [6, 6.07) is -0.322. The van der Waals surface area contributed by atoms with Crippen LogP contribution in [0.4, 0.5) is 14.6 Å². The van der Waals surface area contributed by atoms with Gasteiger partial charge in [0.05, 0.1) is 6.61 Å². The van der Waals surface area contributed by atoms with Gasteiger partial charge in [-0.15, -0.1) is 0 Å². The molecule has 2 N–H and O–H groups in total. The monoisotopic (exact) mass is 251 g/mol. The molecule has 0 amide bonds. The van der Waals surface area contributed by atoms with E-state index >= 15 is 0 Å². The smallest absolute Gasteiger partial charge is 0.282 e. The molecule has 16 heavy (non-hydrogen) atoms. The number of aliphatic hydroxyl groups is 1. The first-order valence-electron chi connectivity index (χ1n) is 4.65. The van der Waals surface area contributed by atoms with E-state index in [9.17, 15) is 8.78 Å². The minimum absolute atomic E-state index is 0.117. The van der Waals surface area contributed by atoms with Crippen molar-refractivity contribution in [2.75, 3.05) is 11.9 Å². The third kappa shape index (κ3) is 2.99. The summed E-state index contributed by atoms with van der Waals surface area (Å²) in [6.45, 7) is 3.02. The molecule has 0 saturated heterocycles. The number of hydrogen-bond acceptors (Lipinski definition) is 4. The van der Waals surface area contributed by atoms with E-state index in [1.807, 2.05) is 0 Å². The fourth-order valence-electron chi connectivity index (χ4n) is 1.10. The van der Waals surface area contributed by atoms with E-state index < -0.39 is 12.1 Å². The van der Waals surface area contributed by atoms with Crippen LogP contribution in [-0.4, -0.2) is 27.7 Å². The molecule has 7 heteroatoms. The molecule has 0 aliphatic heterocycles. The standard InChI is InChI=1S/C9H12ClF2N3O/c1-4(3-16)13-9-6(10)7(8(11)12)14-5(2)15-9/h4,8,16H,3H2,1-2H3,(H,13,14,15)/t4-/m1/s1. The first kappa shape index (κ1) is 13.1. The van der Waals surface area contributed by atoms with Crippen LogP contribution in [0.5, 0.6) is 0 Å². The number of hydrogen-bond donors (Lipinski definition) is 2. The Kier molecular flexibility index (Phi) is 4.37. The molecule has 1 heterocycles. The number of anilines is 1. The van der Waals surface area contributed by atoms with Crippen LogP contribution in [-0.2, 0) is 0 Å². The maximum absolute atomic E-state index is 12.6. The second kappa shape index (κ2) is 5.36. The Hall–Kier alpha value is -1.01. The molecular formula is C9H12ClF2N3O. The highest BCUT2D eigenvalue weighted by molar-refractivity contribution is 6.33. The Morgan fingerprint density at radius 1 is 1.44 bits per heavy atom. The van der Waals surface area contributed by atoms with Crippen LogP contribution in [0.2, 0.25) is 5.02 Å². The number of rotatable bonds is 4. The van der Waals surface area contributed by atoms with E-state index in [1.54, 1.807) is 6.92 Å². The van der Waals surface area contributed by atoms with Crippen LogP contribution >= 0.6 is 11.6 Å². The van der Waals surface area contributed by atoms with Crippen molar-refractivity contribution in [3.8, 4) is 0 Å². The van der Waals surface area contributed by atoms with Crippen LogP contribution < -0.4 is 5.32 Å². The highest BCUT2D eigenvalue weighted by Crippen LogP contribution is 2.30. The quantitative estimate of drug-likeness (QED) is 0.861. The van der Waals surface area contributed by atoms with Crippen LogP contribution in [0.25, 0.3) is 0 Å². The van der Waals surface area contributed by atoms with Crippen LogP contribution in [0.15, 0.2) is 0 Å². The highest BCUT2D eigenvalue weighted by atomic mass is 35.5. The van der Waals surface area contributed by atoms with Crippen molar-refractivity contribution in [3.05, 3.63) is 16.5 Å². The number of nitrogens with zero attached hydrogens (tertiary/aromatic N) is 2. The van der Waals surface area contributed by atoms with Gasteiger partial charge in [0, 0.05) is 6.04 Å². The number of nitrogens with one attached hydrogen (secondary N) is 1. The predicted octanol–water partition coefficient (Wildman–Crippen LogP) is 2.17. The second-order valence-corrected chi connectivity index (χ2v) is 3.73. The highest BCUT2D eigenvalue weighted by Gasteiger charge is 2.19. The van der Waals surface area contributed by atoms with Gasteiger partial charge < -0.3 is 10.4 Å². The van der Waals surface area contributed by atoms with E-state index in [-0.39, 0.29) is 29.3 Å². The molecule has 90 valence electrons. The van der Waals surface area contributed by atoms with Crippen molar-refractivity contribution in [2.45, 2.75) is 26.3 Å². The van der Waals surface area contributed by atoms with Crippen molar-refractivity contribution < 1.29 is 13.9 Å². The Morgan fingerprint density at radius 3 is 2.56 bits per heavy atom. The summed E-state index contributed by atoms with van der Waals surface area (Å²) in [5.74, 6) is 0.318. The number of halogens is 3. The van der Waals surface area contributed by atoms with E-state index in [4.69, 9.17) is 16.7 Å². The summed E-state index contributed by atoms with van der Waals surface area (Å²) in [4.78, 5) is 7.48. The molecule has 0 bridgehead atoms. The van der Waals surface area contributed by atoms with E-state index in [1.165, 1.54) is 6.92 Å². The minimum atomic E-state index is -2.75. The summed E-state index contributed by atoms with van der Waals surface area (Å²) < 4.78 is 25.1. The molecule has 0 spiro atoms.